The van der Waals surface area contributed by atoms with E-state index in [1.54, 1.807) is 6.07 Å². The summed E-state index contributed by atoms with van der Waals surface area (Å²) in [6.45, 7) is 2.45. The Bertz CT molecular complexity index is 555. The van der Waals surface area contributed by atoms with Crippen LogP contribution in [0.1, 0.15) is 16.7 Å². The Morgan fingerprint density at radius 3 is 2.71 bits per heavy atom. The van der Waals surface area contributed by atoms with Crippen LogP contribution in [0.3, 0.4) is 0 Å². The number of rotatable bonds is 3. The summed E-state index contributed by atoms with van der Waals surface area (Å²) in [5, 5.41) is 8.95. The Morgan fingerprint density at radius 2 is 1.94 bits per heavy atom. The van der Waals surface area contributed by atoms with Crippen molar-refractivity contribution in [2.24, 2.45) is 0 Å². The van der Waals surface area contributed by atoms with Crippen molar-refractivity contribution in [2.75, 3.05) is 0 Å². The Hall–Kier alpha value is -2.27. The second-order valence-corrected chi connectivity index (χ2v) is 3.87. The van der Waals surface area contributed by atoms with E-state index >= 15 is 0 Å². The highest BCUT2D eigenvalue weighted by Gasteiger charge is 2.01. The third-order valence-electron chi connectivity index (χ3n) is 2.52. The molecule has 0 bridgehead atoms. The molecule has 0 aliphatic rings. The summed E-state index contributed by atoms with van der Waals surface area (Å²) in [6.07, 6.45) is 0. The number of ether oxygens (including phenoxy) is 1. The maximum Gasteiger partial charge on any atom is 0.120 e. The van der Waals surface area contributed by atoms with Gasteiger partial charge in [0.05, 0.1) is 11.6 Å². The molecule has 2 aromatic rings. The fraction of sp³-hybridized carbons (Fsp3) is 0.133. The van der Waals surface area contributed by atoms with E-state index in [2.05, 4.69) is 6.07 Å². The lowest BCUT2D eigenvalue weighted by atomic mass is 10.1. The molecule has 0 atom stereocenters. The lowest BCUT2D eigenvalue weighted by Gasteiger charge is -2.07. The van der Waals surface area contributed by atoms with Gasteiger partial charge in [-0.15, -0.1) is 0 Å². The van der Waals surface area contributed by atoms with Crippen LogP contribution in [0.5, 0.6) is 5.75 Å². The van der Waals surface area contributed by atoms with Gasteiger partial charge in [0.25, 0.3) is 0 Å². The van der Waals surface area contributed by atoms with Gasteiger partial charge < -0.3 is 4.74 Å². The minimum atomic E-state index is 0.424. The topological polar surface area (TPSA) is 33.0 Å². The van der Waals surface area contributed by atoms with Crippen LogP contribution in [0.25, 0.3) is 0 Å². The van der Waals surface area contributed by atoms with Crippen molar-refractivity contribution >= 4 is 0 Å². The van der Waals surface area contributed by atoms with Crippen molar-refractivity contribution in [3.8, 4) is 11.8 Å². The molecule has 2 nitrogen and oxygen atoms in total. The van der Waals surface area contributed by atoms with Gasteiger partial charge >= 0.3 is 0 Å². The van der Waals surface area contributed by atoms with E-state index in [-0.39, 0.29) is 0 Å². The molecule has 0 unspecified atom stereocenters. The lowest BCUT2D eigenvalue weighted by molar-refractivity contribution is 0.305. The monoisotopic (exact) mass is 223 g/mol. The molecule has 0 saturated heterocycles. The van der Waals surface area contributed by atoms with Crippen LogP contribution in [0.2, 0.25) is 0 Å². The zero-order valence-corrected chi connectivity index (χ0v) is 9.68. The largest absolute Gasteiger partial charge is 0.489 e. The molecular weight excluding hydrogens is 210 g/mol. The molecule has 0 spiro atoms. The van der Waals surface area contributed by atoms with Gasteiger partial charge in [0, 0.05) is 5.56 Å². The predicted octanol–water partition coefficient (Wildman–Crippen LogP) is 3.45. The zero-order valence-electron chi connectivity index (χ0n) is 9.68. The van der Waals surface area contributed by atoms with Crippen LogP contribution in [0.15, 0.2) is 48.5 Å². The molecule has 0 heterocycles. The van der Waals surface area contributed by atoms with Gasteiger partial charge in [0.1, 0.15) is 12.4 Å². The summed E-state index contributed by atoms with van der Waals surface area (Å²) >= 11 is 0. The molecule has 0 aliphatic heterocycles. The van der Waals surface area contributed by atoms with Gasteiger partial charge in [-0.05, 0) is 30.7 Å². The third kappa shape index (κ3) is 2.85. The standard InChI is InChI=1S/C15H13NO/c1-12-5-4-8-15(9-12)17-11-14-7-3-2-6-13(14)10-16/h2-9H,11H2,1H3. The Morgan fingerprint density at radius 1 is 1.12 bits per heavy atom. The highest BCUT2D eigenvalue weighted by atomic mass is 16.5. The molecule has 0 amide bonds. The number of aryl methyl sites for hydroxylation is 1. The van der Waals surface area contributed by atoms with Gasteiger partial charge in [0.15, 0.2) is 0 Å². The summed E-state index contributed by atoms with van der Waals surface area (Å²) in [5.41, 5.74) is 2.74. The summed E-state index contributed by atoms with van der Waals surface area (Å²) in [5.74, 6) is 0.831. The summed E-state index contributed by atoms with van der Waals surface area (Å²) in [7, 11) is 0. The SMILES string of the molecule is Cc1cccc(OCc2ccccc2C#N)c1. The highest BCUT2D eigenvalue weighted by Crippen LogP contribution is 2.15. The number of benzene rings is 2. The zero-order chi connectivity index (χ0) is 12.1. The normalized spacial score (nSPS) is 9.65. The number of hydrogen-bond acceptors (Lipinski definition) is 2. The molecule has 2 heteroatoms. The van der Waals surface area contributed by atoms with E-state index in [4.69, 9.17) is 10.00 Å². The van der Waals surface area contributed by atoms with E-state index < -0.39 is 0 Å². The molecule has 0 N–H and O–H groups in total. The van der Waals surface area contributed by atoms with Crippen LogP contribution in [-0.2, 0) is 6.61 Å². The molecular formula is C15H13NO. The van der Waals surface area contributed by atoms with Gasteiger partial charge in [0.2, 0.25) is 0 Å². The molecule has 0 aliphatic carbocycles. The average Bonchev–Trinajstić information content (AvgIpc) is 2.37. The van der Waals surface area contributed by atoms with Gasteiger partial charge in [-0.1, -0.05) is 30.3 Å². The lowest BCUT2D eigenvalue weighted by Crippen LogP contribution is -1.98. The van der Waals surface area contributed by atoms with Crippen LogP contribution < -0.4 is 4.74 Å². The van der Waals surface area contributed by atoms with E-state index in [1.807, 2.05) is 49.4 Å². The van der Waals surface area contributed by atoms with Crippen molar-refractivity contribution in [2.45, 2.75) is 13.5 Å². The molecule has 0 radical (unpaired) electrons. The Balaban J connectivity index is 2.10. The van der Waals surface area contributed by atoms with Crippen molar-refractivity contribution in [1.29, 1.82) is 5.26 Å². The van der Waals surface area contributed by atoms with Gasteiger partial charge in [-0.25, -0.2) is 0 Å². The number of nitrogens with zero attached hydrogens (tertiary/aromatic N) is 1. The van der Waals surface area contributed by atoms with E-state index in [9.17, 15) is 0 Å². The van der Waals surface area contributed by atoms with E-state index in [0.717, 1.165) is 16.9 Å². The van der Waals surface area contributed by atoms with E-state index in [1.165, 1.54) is 0 Å². The molecule has 0 fully saturated rings. The summed E-state index contributed by atoms with van der Waals surface area (Å²) < 4.78 is 5.66. The molecule has 0 saturated carbocycles. The first kappa shape index (κ1) is 11.2. The molecule has 17 heavy (non-hydrogen) atoms. The van der Waals surface area contributed by atoms with Gasteiger partial charge in [-0.2, -0.15) is 5.26 Å². The van der Waals surface area contributed by atoms with Crippen molar-refractivity contribution in [1.82, 2.24) is 0 Å². The second-order valence-electron chi connectivity index (χ2n) is 3.87. The van der Waals surface area contributed by atoms with E-state index in [0.29, 0.717) is 12.2 Å². The molecule has 0 aromatic heterocycles. The highest BCUT2D eigenvalue weighted by molar-refractivity contribution is 5.37. The van der Waals surface area contributed by atoms with Crippen LogP contribution in [-0.4, -0.2) is 0 Å². The fourth-order valence-corrected chi connectivity index (χ4v) is 1.62. The average molecular weight is 223 g/mol. The summed E-state index contributed by atoms with van der Waals surface area (Å²) in [6, 6.07) is 17.5. The fourth-order valence-electron chi connectivity index (χ4n) is 1.62. The predicted molar refractivity (Wildman–Crippen MR) is 66.7 cm³/mol. The quantitative estimate of drug-likeness (QED) is 0.798. The minimum Gasteiger partial charge on any atom is -0.489 e. The third-order valence-corrected chi connectivity index (χ3v) is 2.52. The first-order valence-electron chi connectivity index (χ1n) is 5.47. The number of hydrogen-bond donors (Lipinski definition) is 0. The molecule has 2 rings (SSSR count). The first-order chi connectivity index (χ1) is 8.29. The van der Waals surface area contributed by atoms with Crippen molar-refractivity contribution in [3.05, 3.63) is 65.2 Å². The van der Waals surface area contributed by atoms with Crippen molar-refractivity contribution < 1.29 is 4.74 Å². The maximum absolute atomic E-state index is 8.95. The van der Waals surface area contributed by atoms with Crippen LogP contribution >= 0.6 is 0 Å². The molecule has 2 aromatic carbocycles. The van der Waals surface area contributed by atoms with Crippen LogP contribution in [0.4, 0.5) is 0 Å². The van der Waals surface area contributed by atoms with Crippen LogP contribution in [0, 0.1) is 18.3 Å². The second kappa shape index (κ2) is 5.18. The maximum atomic E-state index is 8.95. The Kier molecular flexibility index (Phi) is 3.42. The first-order valence-corrected chi connectivity index (χ1v) is 5.47. The van der Waals surface area contributed by atoms with Crippen molar-refractivity contribution in [3.63, 3.8) is 0 Å². The smallest absolute Gasteiger partial charge is 0.120 e. The summed E-state index contributed by atoms with van der Waals surface area (Å²) in [4.78, 5) is 0. The minimum absolute atomic E-state index is 0.424. The van der Waals surface area contributed by atoms with Gasteiger partial charge in [-0.3, -0.25) is 0 Å². The molecule has 84 valence electrons. The Labute approximate surface area is 101 Å². The number of nitriles is 1.